The molecule has 2 atom stereocenters. The molecule has 1 aliphatic carbocycles. The van der Waals surface area contributed by atoms with Gasteiger partial charge in [0.25, 0.3) is 0 Å². The first-order valence-electron chi connectivity index (χ1n) is 14.6. The van der Waals surface area contributed by atoms with E-state index in [1.807, 2.05) is 23.1 Å². The van der Waals surface area contributed by atoms with Crippen LogP contribution >= 0.6 is 11.6 Å². The van der Waals surface area contributed by atoms with E-state index in [4.69, 9.17) is 16.3 Å². The van der Waals surface area contributed by atoms with Gasteiger partial charge in [0.1, 0.15) is 12.1 Å². The second-order valence-electron chi connectivity index (χ2n) is 12.5. The number of urea groups is 1. The number of alkyl carbamates (subject to hydrolysis) is 1. The summed E-state index contributed by atoms with van der Waals surface area (Å²) < 4.78 is 5.32. The number of rotatable bonds is 7. The fourth-order valence-electron chi connectivity index (χ4n) is 6.14. The standard InChI is InChI=1S/C30H45ClN4O4/c1-21-11-14-26(22-9-6-5-7-10-22)35(21)29(38)34(27(36)18-32-28(37)39-30(2,3)4)20-24-17-25(31)13-12-23(24)19-33-15-8-16-33/h12-13,17,21-22,26H,5-11,14-16,18-20H2,1-4H3,(H,32,37)/t21-,26?/m1/s1. The smallest absolute Gasteiger partial charge is 0.408 e. The van der Waals surface area contributed by atoms with Gasteiger partial charge in [0.2, 0.25) is 5.91 Å². The number of hydrogen-bond donors (Lipinski definition) is 1. The Kier molecular flexibility index (Phi) is 9.81. The van der Waals surface area contributed by atoms with Crippen LogP contribution in [-0.2, 0) is 22.6 Å². The van der Waals surface area contributed by atoms with Gasteiger partial charge in [-0.15, -0.1) is 0 Å². The summed E-state index contributed by atoms with van der Waals surface area (Å²) in [6, 6.07) is 5.63. The number of imide groups is 1. The third kappa shape index (κ3) is 7.88. The topological polar surface area (TPSA) is 82.2 Å². The summed E-state index contributed by atoms with van der Waals surface area (Å²) >= 11 is 6.40. The lowest BCUT2D eigenvalue weighted by Gasteiger charge is -2.38. The molecule has 3 aliphatic rings. The Hall–Kier alpha value is -2.32. The van der Waals surface area contributed by atoms with Crippen LogP contribution in [-0.4, -0.2) is 70.1 Å². The van der Waals surface area contributed by atoms with Crippen molar-refractivity contribution in [2.75, 3.05) is 19.6 Å². The zero-order valence-corrected chi connectivity index (χ0v) is 24.8. The highest BCUT2D eigenvalue weighted by molar-refractivity contribution is 6.30. The minimum absolute atomic E-state index is 0.0541. The molecule has 4 rings (SSSR count). The van der Waals surface area contributed by atoms with Gasteiger partial charge in [-0.25, -0.2) is 9.59 Å². The second-order valence-corrected chi connectivity index (χ2v) is 12.9. The molecule has 1 N–H and O–H groups in total. The number of ether oxygens (including phenoxy) is 1. The molecule has 0 aromatic heterocycles. The molecule has 216 valence electrons. The molecule has 4 amide bonds. The fraction of sp³-hybridized carbons (Fsp3) is 0.700. The molecule has 39 heavy (non-hydrogen) atoms. The summed E-state index contributed by atoms with van der Waals surface area (Å²) in [5.74, 6) is 0.0138. The molecule has 1 aromatic carbocycles. The van der Waals surface area contributed by atoms with Crippen molar-refractivity contribution in [1.29, 1.82) is 0 Å². The van der Waals surface area contributed by atoms with Crippen LogP contribution in [0.15, 0.2) is 18.2 Å². The van der Waals surface area contributed by atoms with Crippen molar-refractivity contribution in [3.8, 4) is 0 Å². The second kappa shape index (κ2) is 12.9. The van der Waals surface area contributed by atoms with Crippen LogP contribution in [0.2, 0.25) is 5.02 Å². The minimum atomic E-state index is -0.687. The maximum absolute atomic E-state index is 14.3. The number of nitrogens with zero attached hydrogens (tertiary/aromatic N) is 3. The Balaban J connectivity index is 1.58. The van der Waals surface area contributed by atoms with E-state index >= 15 is 0 Å². The van der Waals surface area contributed by atoms with Crippen molar-refractivity contribution in [1.82, 2.24) is 20.0 Å². The van der Waals surface area contributed by atoms with Crippen LogP contribution in [0.1, 0.15) is 90.2 Å². The van der Waals surface area contributed by atoms with E-state index in [9.17, 15) is 14.4 Å². The van der Waals surface area contributed by atoms with Crippen molar-refractivity contribution in [2.24, 2.45) is 5.92 Å². The van der Waals surface area contributed by atoms with E-state index in [2.05, 4.69) is 17.1 Å². The van der Waals surface area contributed by atoms with Crippen molar-refractivity contribution in [2.45, 2.75) is 110 Å². The third-order valence-corrected chi connectivity index (χ3v) is 8.52. The van der Waals surface area contributed by atoms with Crippen molar-refractivity contribution >= 4 is 29.6 Å². The largest absolute Gasteiger partial charge is 0.444 e. The van der Waals surface area contributed by atoms with Gasteiger partial charge in [0.15, 0.2) is 0 Å². The first-order chi connectivity index (χ1) is 18.5. The summed E-state index contributed by atoms with van der Waals surface area (Å²) in [6.07, 6.45) is 8.30. The summed E-state index contributed by atoms with van der Waals surface area (Å²) in [7, 11) is 0. The quantitative estimate of drug-likeness (QED) is 0.445. The number of halogens is 1. The van der Waals surface area contributed by atoms with Crippen molar-refractivity contribution in [3.63, 3.8) is 0 Å². The van der Waals surface area contributed by atoms with Gasteiger partial charge in [0.05, 0.1) is 6.54 Å². The van der Waals surface area contributed by atoms with Crippen LogP contribution in [0.4, 0.5) is 9.59 Å². The summed E-state index contributed by atoms with van der Waals surface area (Å²) in [4.78, 5) is 45.9. The molecule has 0 spiro atoms. The van der Waals surface area contributed by atoms with E-state index in [0.717, 1.165) is 56.4 Å². The summed E-state index contributed by atoms with van der Waals surface area (Å²) in [5.41, 5.74) is 1.23. The molecule has 1 aromatic rings. The highest BCUT2D eigenvalue weighted by Gasteiger charge is 2.42. The molecule has 2 saturated heterocycles. The van der Waals surface area contributed by atoms with E-state index in [1.54, 1.807) is 20.8 Å². The lowest BCUT2D eigenvalue weighted by molar-refractivity contribution is -0.128. The first-order valence-corrected chi connectivity index (χ1v) is 15.0. The highest BCUT2D eigenvalue weighted by atomic mass is 35.5. The number of nitrogens with one attached hydrogen (secondary N) is 1. The average Bonchev–Trinajstić information content (AvgIpc) is 3.24. The number of likely N-dealkylation sites (tertiary alicyclic amines) is 2. The number of carbonyl (C=O) groups is 3. The molecule has 2 heterocycles. The number of hydrogen-bond acceptors (Lipinski definition) is 5. The van der Waals surface area contributed by atoms with Gasteiger partial charge < -0.3 is 15.0 Å². The highest BCUT2D eigenvalue weighted by Crippen LogP contribution is 2.37. The molecule has 0 bridgehead atoms. The van der Waals surface area contributed by atoms with Gasteiger partial charge >= 0.3 is 12.1 Å². The predicted octanol–water partition coefficient (Wildman–Crippen LogP) is 5.95. The Morgan fingerprint density at radius 3 is 2.38 bits per heavy atom. The Morgan fingerprint density at radius 2 is 1.74 bits per heavy atom. The van der Waals surface area contributed by atoms with Crippen LogP contribution < -0.4 is 5.32 Å². The Bertz CT molecular complexity index is 1030. The molecular formula is C30H45ClN4O4. The summed E-state index contributed by atoms with van der Waals surface area (Å²) in [5, 5.41) is 3.12. The first kappa shape index (κ1) is 29.7. The molecule has 2 aliphatic heterocycles. The van der Waals surface area contributed by atoms with E-state index in [-0.39, 0.29) is 31.2 Å². The van der Waals surface area contributed by atoms with Gasteiger partial charge in [-0.05, 0) is 102 Å². The van der Waals surface area contributed by atoms with Crippen molar-refractivity contribution < 1.29 is 19.1 Å². The lowest BCUT2D eigenvalue weighted by atomic mass is 9.83. The van der Waals surface area contributed by atoms with Crippen LogP contribution in [0.5, 0.6) is 0 Å². The molecule has 8 nitrogen and oxygen atoms in total. The molecular weight excluding hydrogens is 516 g/mol. The SMILES string of the molecule is C[C@@H]1CCC(C2CCCCC2)N1C(=O)N(Cc1cc(Cl)ccc1CN1CCC1)C(=O)CNC(=O)OC(C)(C)C. The van der Waals surface area contributed by atoms with Gasteiger partial charge in [0, 0.05) is 23.7 Å². The van der Waals surface area contributed by atoms with E-state index in [1.165, 1.54) is 30.6 Å². The number of amides is 4. The monoisotopic (exact) mass is 560 g/mol. The van der Waals surface area contributed by atoms with E-state index < -0.39 is 17.6 Å². The zero-order chi connectivity index (χ0) is 28.2. The third-order valence-electron chi connectivity index (χ3n) is 8.28. The van der Waals surface area contributed by atoms with Crippen molar-refractivity contribution in [3.05, 3.63) is 34.3 Å². The van der Waals surface area contributed by atoms with Crippen LogP contribution in [0, 0.1) is 5.92 Å². The van der Waals surface area contributed by atoms with Crippen LogP contribution in [0.25, 0.3) is 0 Å². The fourth-order valence-corrected chi connectivity index (χ4v) is 6.33. The Labute approximate surface area is 238 Å². The Morgan fingerprint density at radius 1 is 1.03 bits per heavy atom. The number of carbonyl (C=O) groups excluding carboxylic acids is 3. The van der Waals surface area contributed by atoms with E-state index in [0.29, 0.717) is 10.9 Å². The zero-order valence-electron chi connectivity index (χ0n) is 24.0. The minimum Gasteiger partial charge on any atom is -0.444 e. The van der Waals surface area contributed by atoms with Gasteiger partial charge in [-0.2, -0.15) is 0 Å². The predicted molar refractivity (Wildman–Crippen MR) is 152 cm³/mol. The maximum atomic E-state index is 14.3. The molecule has 1 unspecified atom stereocenters. The molecule has 0 radical (unpaired) electrons. The summed E-state index contributed by atoms with van der Waals surface area (Å²) in [6.45, 7) is 10.0. The molecule has 9 heteroatoms. The normalized spacial score (nSPS) is 22.3. The van der Waals surface area contributed by atoms with Crippen LogP contribution in [0.3, 0.4) is 0 Å². The molecule has 3 fully saturated rings. The maximum Gasteiger partial charge on any atom is 0.408 e. The van der Waals surface area contributed by atoms with Gasteiger partial charge in [-0.1, -0.05) is 36.9 Å². The van der Waals surface area contributed by atoms with Gasteiger partial charge in [-0.3, -0.25) is 14.6 Å². The average molecular weight is 561 g/mol. The lowest BCUT2D eigenvalue weighted by Crippen LogP contribution is -2.54. The number of benzene rings is 1. The molecule has 1 saturated carbocycles.